The van der Waals surface area contributed by atoms with Crippen molar-refractivity contribution in [3.05, 3.63) is 59.7 Å². The van der Waals surface area contributed by atoms with E-state index in [1.54, 1.807) is 18.3 Å². The van der Waals surface area contributed by atoms with E-state index in [1.807, 2.05) is 18.3 Å². The number of nitrogens with one attached hydrogen (secondary N) is 1. The number of hydrogen-bond donors (Lipinski definition) is 1. The Labute approximate surface area is 105 Å². The maximum absolute atomic E-state index is 13.3. The van der Waals surface area contributed by atoms with E-state index < -0.39 is 5.82 Å². The first-order chi connectivity index (χ1) is 8.79. The summed E-state index contributed by atoms with van der Waals surface area (Å²) >= 11 is 0. The number of carbonyl (C=O) groups is 1. The lowest BCUT2D eigenvalue weighted by Crippen LogP contribution is -1.99. The Hall–Kier alpha value is -2.23. The largest absolute Gasteiger partial charge is 0.326 e. The molecule has 1 aromatic carbocycles. The second-order valence-electron chi connectivity index (χ2n) is 3.94. The quantitative estimate of drug-likeness (QED) is 0.821. The van der Waals surface area contributed by atoms with Crippen LogP contribution in [-0.4, -0.2) is 11.4 Å². The standard InChI is InChI=1S/C14H13FN2O/c15-13-6-5-11(8-14(13)17-10-18)3-4-12-2-1-7-16-9-12/h1-2,5-10H,3-4H2,(H,17,18). The molecule has 4 heteroatoms. The highest BCUT2D eigenvalue weighted by Crippen LogP contribution is 2.16. The molecule has 0 unspecified atom stereocenters. The normalized spacial score (nSPS) is 10.1. The van der Waals surface area contributed by atoms with Crippen LogP contribution in [0.15, 0.2) is 42.7 Å². The van der Waals surface area contributed by atoms with Gasteiger partial charge in [-0.1, -0.05) is 12.1 Å². The van der Waals surface area contributed by atoms with Crippen LogP contribution in [0.1, 0.15) is 11.1 Å². The Morgan fingerprint density at radius 2 is 2.06 bits per heavy atom. The van der Waals surface area contributed by atoms with Crippen molar-refractivity contribution in [1.29, 1.82) is 0 Å². The van der Waals surface area contributed by atoms with Gasteiger partial charge in [-0.3, -0.25) is 9.78 Å². The molecule has 2 rings (SSSR count). The summed E-state index contributed by atoms with van der Waals surface area (Å²) in [6.07, 6.45) is 5.63. The number of pyridine rings is 1. The average molecular weight is 244 g/mol. The molecule has 0 aliphatic rings. The Morgan fingerprint density at radius 3 is 2.78 bits per heavy atom. The van der Waals surface area contributed by atoms with E-state index in [0.29, 0.717) is 6.41 Å². The van der Waals surface area contributed by atoms with Crippen LogP contribution in [0.5, 0.6) is 0 Å². The van der Waals surface area contributed by atoms with Gasteiger partial charge in [0.2, 0.25) is 6.41 Å². The van der Waals surface area contributed by atoms with E-state index in [0.717, 1.165) is 24.0 Å². The molecule has 0 saturated carbocycles. The van der Waals surface area contributed by atoms with Crippen molar-refractivity contribution in [3.8, 4) is 0 Å². The van der Waals surface area contributed by atoms with Crippen LogP contribution >= 0.6 is 0 Å². The molecule has 2 aromatic rings. The lowest BCUT2D eigenvalue weighted by Gasteiger charge is -2.05. The molecule has 0 saturated heterocycles. The minimum absolute atomic E-state index is 0.216. The zero-order chi connectivity index (χ0) is 12.8. The number of benzene rings is 1. The number of nitrogens with zero attached hydrogens (tertiary/aromatic N) is 1. The number of amides is 1. The maximum atomic E-state index is 13.3. The topological polar surface area (TPSA) is 42.0 Å². The number of aromatic nitrogens is 1. The van der Waals surface area contributed by atoms with E-state index in [2.05, 4.69) is 10.3 Å². The van der Waals surface area contributed by atoms with Crippen LogP contribution < -0.4 is 5.32 Å². The molecular weight excluding hydrogens is 231 g/mol. The Balaban J connectivity index is 2.05. The number of aryl methyl sites for hydroxylation is 2. The summed E-state index contributed by atoms with van der Waals surface area (Å²) in [5, 5.41) is 2.35. The molecule has 1 heterocycles. The van der Waals surface area contributed by atoms with E-state index in [4.69, 9.17) is 0 Å². The lowest BCUT2D eigenvalue weighted by atomic mass is 10.1. The molecule has 92 valence electrons. The third-order valence-electron chi connectivity index (χ3n) is 2.67. The third-order valence-corrected chi connectivity index (χ3v) is 2.67. The van der Waals surface area contributed by atoms with Crippen molar-refractivity contribution >= 4 is 12.1 Å². The number of anilines is 1. The van der Waals surface area contributed by atoms with Crippen LogP contribution in [0.4, 0.5) is 10.1 Å². The fourth-order valence-corrected chi connectivity index (χ4v) is 1.74. The molecule has 0 radical (unpaired) electrons. The van der Waals surface area contributed by atoms with Crippen LogP contribution in [0.2, 0.25) is 0 Å². The van der Waals surface area contributed by atoms with Crippen LogP contribution in [0.25, 0.3) is 0 Å². The number of hydrogen-bond acceptors (Lipinski definition) is 2. The zero-order valence-corrected chi connectivity index (χ0v) is 9.77. The van der Waals surface area contributed by atoms with E-state index in [1.165, 1.54) is 6.07 Å². The lowest BCUT2D eigenvalue weighted by molar-refractivity contribution is -0.105. The molecule has 0 bridgehead atoms. The maximum Gasteiger partial charge on any atom is 0.211 e. The van der Waals surface area contributed by atoms with E-state index in [9.17, 15) is 9.18 Å². The predicted molar refractivity (Wildman–Crippen MR) is 67.7 cm³/mol. The van der Waals surface area contributed by atoms with Crippen molar-refractivity contribution in [3.63, 3.8) is 0 Å². The molecule has 1 aromatic heterocycles. The first-order valence-corrected chi connectivity index (χ1v) is 5.67. The summed E-state index contributed by atoms with van der Waals surface area (Å²) in [5.74, 6) is -0.424. The summed E-state index contributed by atoms with van der Waals surface area (Å²) in [4.78, 5) is 14.4. The minimum atomic E-state index is -0.424. The molecule has 1 amide bonds. The fraction of sp³-hybridized carbons (Fsp3) is 0.143. The van der Waals surface area contributed by atoms with Gasteiger partial charge >= 0.3 is 0 Å². The highest BCUT2D eigenvalue weighted by molar-refractivity contribution is 5.71. The number of halogens is 1. The van der Waals surface area contributed by atoms with Gasteiger partial charge in [-0.25, -0.2) is 4.39 Å². The molecule has 1 N–H and O–H groups in total. The number of rotatable bonds is 5. The smallest absolute Gasteiger partial charge is 0.211 e. The summed E-state index contributed by atoms with van der Waals surface area (Å²) in [6.45, 7) is 0. The van der Waals surface area contributed by atoms with Gasteiger partial charge in [0, 0.05) is 12.4 Å². The third kappa shape index (κ3) is 3.13. The van der Waals surface area contributed by atoms with E-state index >= 15 is 0 Å². The monoisotopic (exact) mass is 244 g/mol. The predicted octanol–water partition coefficient (Wildman–Crippen LogP) is 2.57. The SMILES string of the molecule is O=CNc1cc(CCc2cccnc2)ccc1F. The summed E-state index contributed by atoms with van der Waals surface area (Å²) in [6, 6.07) is 8.63. The minimum Gasteiger partial charge on any atom is -0.326 e. The van der Waals surface area contributed by atoms with Crippen LogP contribution in [0.3, 0.4) is 0 Å². The van der Waals surface area contributed by atoms with Gasteiger partial charge in [-0.15, -0.1) is 0 Å². The first kappa shape index (κ1) is 12.2. The van der Waals surface area contributed by atoms with Gasteiger partial charge in [-0.05, 0) is 42.2 Å². The van der Waals surface area contributed by atoms with Crippen molar-refractivity contribution < 1.29 is 9.18 Å². The van der Waals surface area contributed by atoms with E-state index in [-0.39, 0.29) is 5.69 Å². The van der Waals surface area contributed by atoms with Gasteiger partial charge < -0.3 is 5.32 Å². The fourth-order valence-electron chi connectivity index (χ4n) is 1.74. The molecule has 0 aliphatic heterocycles. The second kappa shape index (κ2) is 5.91. The number of carbonyl (C=O) groups excluding carboxylic acids is 1. The Morgan fingerprint density at radius 1 is 1.22 bits per heavy atom. The highest BCUT2D eigenvalue weighted by atomic mass is 19.1. The first-order valence-electron chi connectivity index (χ1n) is 5.67. The van der Waals surface area contributed by atoms with Crippen molar-refractivity contribution in [2.75, 3.05) is 5.32 Å². The Kier molecular flexibility index (Phi) is 4.02. The van der Waals surface area contributed by atoms with Gasteiger partial charge in [0.15, 0.2) is 0 Å². The van der Waals surface area contributed by atoms with Crippen molar-refractivity contribution in [2.24, 2.45) is 0 Å². The van der Waals surface area contributed by atoms with Gasteiger partial charge in [0.05, 0.1) is 5.69 Å². The molecule has 0 fully saturated rings. The average Bonchev–Trinajstić information content (AvgIpc) is 2.41. The van der Waals surface area contributed by atoms with Crippen molar-refractivity contribution in [1.82, 2.24) is 4.98 Å². The second-order valence-corrected chi connectivity index (χ2v) is 3.94. The molecule has 18 heavy (non-hydrogen) atoms. The zero-order valence-electron chi connectivity index (χ0n) is 9.77. The molecular formula is C14H13FN2O. The summed E-state index contributed by atoms with van der Waals surface area (Å²) < 4.78 is 13.3. The van der Waals surface area contributed by atoms with Crippen LogP contribution in [-0.2, 0) is 17.6 Å². The molecule has 0 aliphatic carbocycles. The van der Waals surface area contributed by atoms with Gasteiger partial charge in [0.1, 0.15) is 5.82 Å². The molecule has 0 atom stereocenters. The summed E-state index contributed by atoms with van der Waals surface area (Å²) in [5.41, 5.74) is 2.32. The Bertz CT molecular complexity index is 529. The van der Waals surface area contributed by atoms with Crippen molar-refractivity contribution in [2.45, 2.75) is 12.8 Å². The highest BCUT2D eigenvalue weighted by Gasteiger charge is 2.03. The van der Waals surface area contributed by atoms with Crippen LogP contribution in [0, 0.1) is 5.82 Å². The van der Waals surface area contributed by atoms with Gasteiger partial charge in [0.25, 0.3) is 0 Å². The molecule has 3 nitrogen and oxygen atoms in total. The summed E-state index contributed by atoms with van der Waals surface area (Å²) in [7, 11) is 0. The molecule has 0 spiro atoms. The van der Waals surface area contributed by atoms with Gasteiger partial charge in [-0.2, -0.15) is 0 Å².